The first-order valence-electron chi connectivity index (χ1n) is 10.9. The topological polar surface area (TPSA) is 176 Å². The first kappa shape index (κ1) is 28.3. The van der Waals surface area contributed by atoms with E-state index in [0.29, 0.717) is 5.75 Å². The van der Waals surface area contributed by atoms with Crippen LogP contribution in [0.15, 0.2) is 48.5 Å². The average Bonchev–Trinajstić information content (AvgIpc) is 2.81. The Morgan fingerprint density at radius 2 is 1.72 bits per heavy atom. The van der Waals surface area contributed by atoms with Gasteiger partial charge in [-0.15, -0.1) is 11.8 Å². The minimum absolute atomic E-state index is 0.0199. The lowest BCUT2D eigenvalue weighted by molar-refractivity contribution is -0.385. The van der Waals surface area contributed by atoms with E-state index in [4.69, 9.17) is 0 Å². The van der Waals surface area contributed by atoms with Crippen LogP contribution in [0, 0.1) is 16.0 Å². The molecule has 0 spiro atoms. The number of carboxylic acids is 1. The van der Waals surface area contributed by atoms with Gasteiger partial charge in [0.15, 0.2) is 11.5 Å². The number of aromatic hydroxyl groups is 1. The molecule has 0 aliphatic heterocycles. The van der Waals surface area contributed by atoms with Crippen molar-refractivity contribution in [1.29, 1.82) is 0 Å². The molecule has 0 heterocycles. The number of nitrogens with one attached hydrogen (secondary N) is 2. The number of aliphatic carboxylic acids is 1. The lowest BCUT2D eigenvalue weighted by Gasteiger charge is -2.24. The number of ketones is 1. The highest BCUT2D eigenvalue weighted by Gasteiger charge is 2.30. The summed E-state index contributed by atoms with van der Waals surface area (Å²) in [6.07, 6.45) is -0.620. The van der Waals surface area contributed by atoms with E-state index in [1.165, 1.54) is 11.8 Å². The van der Waals surface area contributed by atoms with Crippen molar-refractivity contribution >= 4 is 41.0 Å². The van der Waals surface area contributed by atoms with Crippen LogP contribution < -0.4 is 10.6 Å². The quantitative estimate of drug-likeness (QED) is 0.230. The first-order chi connectivity index (χ1) is 17.0. The number of nitrogens with zero attached hydrogens (tertiary/aromatic N) is 1. The molecule has 12 heteroatoms. The van der Waals surface area contributed by atoms with Crippen molar-refractivity contribution in [3.05, 3.63) is 69.8 Å². The number of carbonyl (C=O) groups is 4. The van der Waals surface area contributed by atoms with Gasteiger partial charge >= 0.3 is 11.7 Å². The van der Waals surface area contributed by atoms with Crippen LogP contribution in [-0.2, 0) is 20.1 Å². The zero-order valence-electron chi connectivity index (χ0n) is 19.7. The molecule has 2 atom stereocenters. The molecule has 0 bridgehead atoms. The molecule has 192 valence electrons. The van der Waals surface area contributed by atoms with Gasteiger partial charge in [0.05, 0.1) is 23.1 Å². The highest BCUT2D eigenvalue weighted by molar-refractivity contribution is 7.99. The van der Waals surface area contributed by atoms with Gasteiger partial charge in [-0.25, -0.2) is 0 Å². The highest BCUT2D eigenvalue weighted by Crippen LogP contribution is 2.26. The molecule has 0 fully saturated rings. The van der Waals surface area contributed by atoms with Crippen molar-refractivity contribution in [2.24, 2.45) is 5.92 Å². The van der Waals surface area contributed by atoms with Gasteiger partial charge in [-0.3, -0.25) is 29.3 Å². The monoisotopic (exact) mass is 517 g/mol. The third kappa shape index (κ3) is 8.38. The van der Waals surface area contributed by atoms with E-state index >= 15 is 0 Å². The van der Waals surface area contributed by atoms with E-state index in [0.717, 1.165) is 23.8 Å². The van der Waals surface area contributed by atoms with E-state index in [9.17, 15) is 39.5 Å². The number of thioether (sulfide) groups is 1. The molecule has 0 aliphatic rings. The Kier molecular flexibility index (Phi) is 10.4. The number of nitro groups is 1. The largest absolute Gasteiger partial charge is 0.502 e. The molecule has 2 rings (SSSR count). The fraction of sp³-hybridized carbons (Fsp3) is 0.333. The minimum Gasteiger partial charge on any atom is -0.502 e. The lowest BCUT2D eigenvalue weighted by Crippen LogP contribution is -2.54. The SMILES string of the molecule is CC(C)[C@H](NC(=O)c1ccc([N+](=O)[O-])c(O)c1)C(=O)NC(CC(=O)O)C(=O)CSCc1ccccc1. The number of hydrogen-bond acceptors (Lipinski definition) is 8. The summed E-state index contributed by atoms with van der Waals surface area (Å²) in [6, 6.07) is 9.95. The molecular weight excluding hydrogens is 490 g/mol. The van der Waals surface area contributed by atoms with Gasteiger partial charge in [-0.2, -0.15) is 0 Å². The number of amides is 2. The first-order valence-corrected chi connectivity index (χ1v) is 12.1. The summed E-state index contributed by atoms with van der Waals surface area (Å²) in [6.45, 7) is 3.28. The van der Waals surface area contributed by atoms with Crippen LogP contribution in [0.5, 0.6) is 5.75 Å². The summed E-state index contributed by atoms with van der Waals surface area (Å²) < 4.78 is 0. The van der Waals surface area contributed by atoms with E-state index in [2.05, 4.69) is 10.6 Å². The molecule has 0 aromatic heterocycles. The van der Waals surface area contributed by atoms with Gasteiger partial charge < -0.3 is 20.8 Å². The highest BCUT2D eigenvalue weighted by atomic mass is 32.2. The molecule has 1 unspecified atom stereocenters. The van der Waals surface area contributed by atoms with Gasteiger partial charge in [-0.05, 0) is 23.6 Å². The Bertz CT molecular complexity index is 1120. The summed E-state index contributed by atoms with van der Waals surface area (Å²) in [7, 11) is 0. The second-order valence-corrected chi connectivity index (χ2v) is 9.25. The normalized spacial score (nSPS) is 12.4. The molecule has 0 aliphatic carbocycles. The van der Waals surface area contributed by atoms with Crippen LogP contribution in [0.1, 0.15) is 36.2 Å². The van der Waals surface area contributed by atoms with Gasteiger partial charge in [0.2, 0.25) is 5.91 Å². The van der Waals surface area contributed by atoms with E-state index in [1.54, 1.807) is 13.8 Å². The second-order valence-electron chi connectivity index (χ2n) is 8.26. The molecular formula is C24H27N3O8S. The molecule has 2 amide bonds. The smallest absolute Gasteiger partial charge is 0.310 e. The number of carbonyl (C=O) groups excluding carboxylic acids is 3. The van der Waals surface area contributed by atoms with Crippen LogP contribution in [0.25, 0.3) is 0 Å². The second kappa shape index (κ2) is 13.2. The number of rotatable bonds is 13. The number of phenolic OH excluding ortho intramolecular Hbond substituents is 1. The standard InChI is InChI=1S/C24H27N3O8S/c1-14(2)22(26-23(32)16-8-9-18(27(34)35)19(28)10-16)24(33)25-17(11-21(30)31)20(29)13-36-12-15-6-4-3-5-7-15/h3-10,14,17,22,28H,11-13H2,1-2H3,(H,25,33)(H,26,32)(H,30,31)/t17?,22-/m0/s1. The van der Waals surface area contributed by atoms with Gasteiger partial charge in [0, 0.05) is 17.4 Å². The Morgan fingerprint density at radius 3 is 2.28 bits per heavy atom. The summed E-state index contributed by atoms with van der Waals surface area (Å²) in [5.74, 6) is -3.92. The maximum Gasteiger partial charge on any atom is 0.310 e. The van der Waals surface area contributed by atoms with Crippen molar-refractivity contribution in [3.63, 3.8) is 0 Å². The van der Waals surface area contributed by atoms with Crippen LogP contribution in [0.2, 0.25) is 0 Å². The zero-order chi connectivity index (χ0) is 26.8. The molecule has 0 radical (unpaired) electrons. The summed E-state index contributed by atoms with van der Waals surface area (Å²) in [5, 5.41) is 34.8. The summed E-state index contributed by atoms with van der Waals surface area (Å²) >= 11 is 1.29. The van der Waals surface area contributed by atoms with Gasteiger partial charge in [0.25, 0.3) is 5.91 Å². The van der Waals surface area contributed by atoms with E-state index < -0.39 is 64.3 Å². The Morgan fingerprint density at radius 1 is 1.06 bits per heavy atom. The Hall–Kier alpha value is -3.93. The van der Waals surface area contributed by atoms with Gasteiger partial charge in [0.1, 0.15) is 6.04 Å². The molecule has 2 aromatic rings. The summed E-state index contributed by atoms with van der Waals surface area (Å²) in [5.41, 5.74) is 0.297. The molecule has 36 heavy (non-hydrogen) atoms. The lowest BCUT2D eigenvalue weighted by atomic mass is 10.0. The predicted octanol–water partition coefficient (Wildman–Crippen LogP) is 2.52. The third-order valence-electron chi connectivity index (χ3n) is 5.11. The van der Waals surface area contributed by atoms with Crippen LogP contribution in [0.3, 0.4) is 0 Å². The van der Waals surface area contributed by atoms with Crippen LogP contribution in [-0.4, -0.2) is 56.5 Å². The fourth-order valence-corrected chi connectivity index (χ4v) is 4.14. The molecule has 0 saturated heterocycles. The molecule has 4 N–H and O–H groups in total. The minimum atomic E-state index is -1.29. The molecule has 11 nitrogen and oxygen atoms in total. The number of Topliss-reactive ketones (excluding diaryl/α,β-unsaturated/α-hetero) is 1. The number of phenols is 1. The van der Waals surface area contributed by atoms with Crippen molar-refractivity contribution < 1.29 is 34.3 Å². The average molecular weight is 518 g/mol. The number of hydrogen-bond donors (Lipinski definition) is 4. The Balaban J connectivity index is 2.07. The van der Waals surface area contributed by atoms with Gasteiger partial charge in [-0.1, -0.05) is 44.2 Å². The zero-order valence-corrected chi connectivity index (χ0v) is 20.5. The molecule has 0 saturated carbocycles. The number of carboxylic acid groups (broad SMARTS) is 1. The maximum absolute atomic E-state index is 12.9. The van der Waals surface area contributed by atoms with Crippen LogP contribution >= 0.6 is 11.8 Å². The number of nitro benzene ring substituents is 1. The summed E-state index contributed by atoms with van der Waals surface area (Å²) in [4.78, 5) is 59.6. The number of benzene rings is 2. The van der Waals surface area contributed by atoms with Crippen molar-refractivity contribution in [2.75, 3.05) is 5.75 Å². The van der Waals surface area contributed by atoms with E-state index in [-0.39, 0.29) is 11.3 Å². The molecule has 2 aromatic carbocycles. The van der Waals surface area contributed by atoms with Crippen LogP contribution in [0.4, 0.5) is 5.69 Å². The predicted molar refractivity (Wildman–Crippen MR) is 133 cm³/mol. The maximum atomic E-state index is 12.9. The van der Waals surface area contributed by atoms with Crippen molar-refractivity contribution in [3.8, 4) is 5.75 Å². The fourth-order valence-electron chi connectivity index (χ4n) is 3.20. The van der Waals surface area contributed by atoms with E-state index in [1.807, 2.05) is 30.3 Å². The third-order valence-corrected chi connectivity index (χ3v) is 6.14. The Labute approximate surface area is 211 Å². The van der Waals surface area contributed by atoms with Crippen molar-refractivity contribution in [2.45, 2.75) is 38.1 Å². The van der Waals surface area contributed by atoms with Crippen molar-refractivity contribution in [1.82, 2.24) is 10.6 Å².